The molecule has 0 aliphatic carbocycles. The molecule has 0 spiro atoms. The van der Waals surface area contributed by atoms with Crippen LogP contribution in [-0.2, 0) is 17.5 Å². The summed E-state index contributed by atoms with van der Waals surface area (Å²) in [7, 11) is 0. The topological polar surface area (TPSA) is 25.2 Å². The lowest BCUT2D eigenvalue weighted by atomic mass is 10.1. The molecule has 10 heteroatoms. The smallest absolute Gasteiger partial charge is 0.342 e. The number of alkyl halides is 3. The molecule has 1 amide bonds. The number of anilines is 1. The molecule has 0 bridgehead atoms. The SMILES string of the molecule is O=C1/C(=C\c2cn(Cc3ccc(F)cc3Cl)c3ccccc23)SC(=S)N1c1cccc(C(F)(F)F)c1. The summed E-state index contributed by atoms with van der Waals surface area (Å²) < 4.78 is 55.1. The standard InChI is InChI=1S/C26H15ClF4N2OS2/c27-21-12-18(28)9-8-15(21)13-32-14-16(20-6-1-2-7-22(20)32)10-23-24(34)33(25(35)36-23)19-5-3-4-17(11-19)26(29,30)31/h1-12,14H,13H2/b23-10+. The molecule has 0 atom stereocenters. The van der Waals surface area contributed by atoms with Gasteiger partial charge in [0.2, 0.25) is 0 Å². The summed E-state index contributed by atoms with van der Waals surface area (Å²) in [5, 5.41) is 1.16. The summed E-state index contributed by atoms with van der Waals surface area (Å²) in [6, 6.07) is 16.3. The Balaban J connectivity index is 1.51. The van der Waals surface area contributed by atoms with Crippen LogP contribution in [0.3, 0.4) is 0 Å². The van der Waals surface area contributed by atoms with Gasteiger partial charge in [0.1, 0.15) is 5.82 Å². The second-order valence-electron chi connectivity index (χ2n) is 8.03. The average Bonchev–Trinajstić information content (AvgIpc) is 3.31. The van der Waals surface area contributed by atoms with Crippen LogP contribution in [0.25, 0.3) is 17.0 Å². The molecule has 0 saturated carbocycles. The average molecular weight is 547 g/mol. The molecule has 182 valence electrons. The number of nitrogens with zero attached hydrogens (tertiary/aromatic N) is 2. The van der Waals surface area contributed by atoms with Gasteiger partial charge < -0.3 is 4.57 Å². The third-order valence-corrected chi connectivity index (χ3v) is 7.34. The molecule has 1 aliphatic rings. The molecule has 5 rings (SSSR count). The lowest BCUT2D eigenvalue weighted by Gasteiger charge is -2.16. The number of amides is 1. The molecule has 1 saturated heterocycles. The van der Waals surface area contributed by atoms with Gasteiger partial charge in [-0.25, -0.2) is 4.39 Å². The highest BCUT2D eigenvalue weighted by Gasteiger charge is 2.36. The van der Waals surface area contributed by atoms with Crippen molar-refractivity contribution in [3.05, 3.63) is 105 Å². The predicted octanol–water partition coefficient (Wildman–Crippen LogP) is 7.91. The number of hydrogen-bond acceptors (Lipinski definition) is 3. The van der Waals surface area contributed by atoms with Gasteiger partial charge in [0.05, 0.1) is 16.2 Å². The van der Waals surface area contributed by atoms with Crippen LogP contribution in [0.1, 0.15) is 16.7 Å². The fourth-order valence-corrected chi connectivity index (χ4v) is 5.52. The maximum absolute atomic E-state index is 13.5. The van der Waals surface area contributed by atoms with Gasteiger partial charge in [-0.2, -0.15) is 13.2 Å². The van der Waals surface area contributed by atoms with Crippen LogP contribution in [-0.4, -0.2) is 14.8 Å². The van der Waals surface area contributed by atoms with Gasteiger partial charge in [0, 0.05) is 34.2 Å². The van der Waals surface area contributed by atoms with E-state index in [1.54, 1.807) is 12.1 Å². The van der Waals surface area contributed by atoms with Crippen molar-refractivity contribution >= 4 is 68.5 Å². The lowest BCUT2D eigenvalue weighted by molar-refractivity contribution is -0.137. The first kappa shape index (κ1) is 24.5. The molecule has 2 heterocycles. The van der Waals surface area contributed by atoms with Gasteiger partial charge in [0.15, 0.2) is 4.32 Å². The Morgan fingerprint density at radius 2 is 1.81 bits per heavy atom. The molecule has 1 aromatic heterocycles. The number of hydrogen-bond donors (Lipinski definition) is 0. The summed E-state index contributed by atoms with van der Waals surface area (Å²) in [5.74, 6) is -0.924. The molecular weight excluding hydrogens is 532 g/mol. The van der Waals surface area contributed by atoms with E-state index in [1.807, 2.05) is 35.0 Å². The number of thioether (sulfide) groups is 1. The van der Waals surface area contributed by atoms with Gasteiger partial charge in [-0.15, -0.1) is 0 Å². The van der Waals surface area contributed by atoms with E-state index in [4.69, 9.17) is 23.8 Å². The van der Waals surface area contributed by atoms with Gasteiger partial charge in [0.25, 0.3) is 5.91 Å². The molecular formula is C26H15ClF4N2OS2. The summed E-state index contributed by atoms with van der Waals surface area (Å²) in [4.78, 5) is 14.6. The second kappa shape index (κ2) is 9.38. The van der Waals surface area contributed by atoms with E-state index in [-0.39, 0.29) is 10.0 Å². The van der Waals surface area contributed by atoms with Crippen molar-refractivity contribution in [3.63, 3.8) is 0 Å². The Morgan fingerprint density at radius 1 is 1.03 bits per heavy atom. The molecule has 1 aliphatic heterocycles. The maximum atomic E-state index is 13.5. The number of fused-ring (bicyclic) bond motifs is 1. The van der Waals surface area contributed by atoms with Crippen LogP contribution < -0.4 is 4.90 Å². The largest absolute Gasteiger partial charge is 0.416 e. The second-order valence-corrected chi connectivity index (χ2v) is 10.1. The number of halogens is 5. The van der Waals surface area contributed by atoms with Crippen LogP contribution in [0, 0.1) is 5.82 Å². The molecule has 36 heavy (non-hydrogen) atoms. The van der Waals surface area contributed by atoms with E-state index in [0.717, 1.165) is 50.8 Å². The first-order valence-corrected chi connectivity index (χ1v) is 12.2. The zero-order valence-electron chi connectivity index (χ0n) is 18.2. The molecule has 3 aromatic carbocycles. The van der Waals surface area contributed by atoms with Crippen LogP contribution in [0.5, 0.6) is 0 Å². The van der Waals surface area contributed by atoms with Crippen LogP contribution in [0.2, 0.25) is 5.02 Å². The Labute approximate surface area is 218 Å². The minimum atomic E-state index is -4.54. The minimum Gasteiger partial charge on any atom is -0.342 e. The zero-order valence-corrected chi connectivity index (χ0v) is 20.6. The van der Waals surface area contributed by atoms with Crippen molar-refractivity contribution in [2.24, 2.45) is 0 Å². The van der Waals surface area contributed by atoms with Crippen LogP contribution >= 0.6 is 35.6 Å². The molecule has 1 fully saturated rings. The number of carbonyl (C=O) groups excluding carboxylic acids is 1. The maximum Gasteiger partial charge on any atom is 0.416 e. The van der Waals surface area contributed by atoms with Gasteiger partial charge in [-0.1, -0.05) is 65.9 Å². The summed E-state index contributed by atoms with van der Waals surface area (Å²) in [5.41, 5.74) is 1.52. The number of benzene rings is 3. The Bertz CT molecular complexity index is 1560. The first-order valence-electron chi connectivity index (χ1n) is 10.6. The quantitative estimate of drug-likeness (QED) is 0.148. The third-order valence-electron chi connectivity index (χ3n) is 5.69. The molecule has 0 unspecified atom stereocenters. The highest BCUT2D eigenvalue weighted by Crippen LogP contribution is 2.39. The van der Waals surface area contributed by atoms with Crippen molar-refractivity contribution < 1.29 is 22.4 Å². The van der Waals surface area contributed by atoms with Crippen LogP contribution in [0.15, 0.2) is 77.8 Å². The summed E-state index contributed by atoms with van der Waals surface area (Å²) >= 11 is 12.6. The first-order chi connectivity index (χ1) is 17.1. The van der Waals surface area contributed by atoms with Crippen molar-refractivity contribution in [2.75, 3.05) is 4.90 Å². The number of aromatic nitrogens is 1. The van der Waals surface area contributed by atoms with E-state index in [2.05, 4.69) is 0 Å². The fourth-order valence-electron chi connectivity index (χ4n) is 4.01. The van der Waals surface area contributed by atoms with Crippen molar-refractivity contribution in [1.82, 2.24) is 4.57 Å². The van der Waals surface area contributed by atoms with Crippen molar-refractivity contribution in [1.29, 1.82) is 0 Å². The summed E-state index contributed by atoms with van der Waals surface area (Å²) in [6.07, 6.45) is -1.01. The molecule has 4 aromatic rings. The fraction of sp³-hybridized carbons (Fsp3) is 0.0769. The Kier molecular flexibility index (Phi) is 6.40. The number of thiocarbonyl (C=S) groups is 1. The predicted molar refractivity (Wildman–Crippen MR) is 140 cm³/mol. The third kappa shape index (κ3) is 4.66. The lowest BCUT2D eigenvalue weighted by Crippen LogP contribution is -2.27. The van der Waals surface area contributed by atoms with E-state index in [9.17, 15) is 22.4 Å². The number of carbonyl (C=O) groups is 1. The number of para-hydroxylation sites is 1. The van der Waals surface area contributed by atoms with E-state index in [0.29, 0.717) is 16.5 Å². The monoisotopic (exact) mass is 546 g/mol. The molecule has 0 N–H and O–H groups in total. The zero-order chi connectivity index (χ0) is 25.6. The van der Waals surface area contributed by atoms with E-state index in [1.165, 1.54) is 24.3 Å². The van der Waals surface area contributed by atoms with Crippen molar-refractivity contribution in [3.8, 4) is 0 Å². The van der Waals surface area contributed by atoms with Crippen LogP contribution in [0.4, 0.5) is 23.2 Å². The highest BCUT2D eigenvalue weighted by molar-refractivity contribution is 8.27. The Morgan fingerprint density at radius 3 is 2.56 bits per heavy atom. The molecule has 3 nitrogen and oxygen atoms in total. The highest BCUT2D eigenvalue weighted by atomic mass is 35.5. The van der Waals surface area contributed by atoms with Gasteiger partial charge in [-0.3, -0.25) is 9.69 Å². The Hall–Kier alpha value is -3.14. The van der Waals surface area contributed by atoms with E-state index >= 15 is 0 Å². The van der Waals surface area contributed by atoms with Gasteiger partial charge in [-0.05, 0) is 48.0 Å². The summed E-state index contributed by atoms with van der Waals surface area (Å²) in [6.45, 7) is 0.374. The molecule has 0 radical (unpaired) electrons. The normalized spacial score (nSPS) is 15.5. The van der Waals surface area contributed by atoms with Crippen molar-refractivity contribution in [2.45, 2.75) is 12.7 Å². The number of rotatable bonds is 4. The van der Waals surface area contributed by atoms with Gasteiger partial charge >= 0.3 is 6.18 Å². The minimum absolute atomic E-state index is 0.0594. The van der Waals surface area contributed by atoms with E-state index < -0.39 is 23.5 Å².